The van der Waals surface area contributed by atoms with Gasteiger partial charge in [0.15, 0.2) is 0 Å². The molecule has 0 aliphatic carbocycles. The third kappa shape index (κ3) is 9.67. The zero-order valence-electron chi connectivity index (χ0n) is 15.6. The van der Waals surface area contributed by atoms with E-state index in [1.807, 2.05) is 0 Å². The van der Waals surface area contributed by atoms with Crippen molar-refractivity contribution in [3.8, 4) is 0 Å². The summed E-state index contributed by atoms with van der Waals surface area (Å²) >= 11 is 0. The Bertz CT molecular complexity index is 635. The fraction of sp³-hybridized carbons (Fsp3) is 0.579. The van der Waals surface area contributed by atoms with Crippen molar-refractivity contribution in [1.29, 1.82) is 0 Å². The first kappa shape index (κ1) is 22.5. The van der Waals surface area contributed by atoms with E-state index in [-0.39, 0.29) is 24.1 Å². The largest absolute Gasteiger partial charge is 0.466 e. The zero-order chi connectivity index (χ0) is 20.1. The fourth-order valence-electron chi connectivity index (χ4n) is 2.36. The summed E-state index contributed by atoms with van der Waals surface area (Å²) in [6.07, 6.45) is 6.18. The molecule has 0 saturated heterocycles. The third-order valence-electron chi connectivity index (χ3n) is 3.92. The van der Waals surface area contributed by atoms with E-state index in [1.165, 1.54) is 19.3 Å². The Morgan fingerprint density at radius 3 is 2.33 bits per heavy atom. The lowest BCUT2D eigenvalue weighted by Gasteiger charge is -2.07. The minimum atomic E-state index is -0.702. The Morgan fingerprint density at radius 1 is 1.04 bits per heavy atom. The first-order valence-corrected chi connectivity index (χ1v) is 9.18. The van der Waals surface area contributed by atoms with Gasteiger partial charge in [-0.2, -0.15) is 0 Å². The van der Waals surface area contributed by atoms with E-state index in [0.717, 1.165) is 37.5 Å². The Balaban J connectivity index is 2.21. The van der Waals surface area contributed by atoms with Crippen molar-refractivity contribution >= 4 is 17.6 Å². The number of hydrogen-bond donors (Lipinski definition) is 0. The molecule has 0 atom stereocenters. The molecule has 0 unspecified atom stereocenters. The molecule has 0 heterocycles. The number of nitro benzene ring substituents is 1. The van der Waals surface area contributed by atoms with Crippen LogP contribution in [0.1, 0.15) is 63.9 Å². The smallest absolute Gasteiger partial charge is 0.306 e. The van der Waals surface area contributed by atoms with Gasteiger partial charge in [0.2, 0.25) is 0 Å². The molecule has 0 N–H and O–H groups in total. The monoisotopic (exact) mass is 383 g/mol. The summed E-state index contributed by atoms with van der Waals surface area (Å²) < 4.78 is 23.5. The molecule has 0 amide bonds. The van der Waals surface area contributed by atoms with Crippen LogP contribution in [-0.2, 0) is 25.7 Å². The van der Waals surface area contributed by atoms with Gasteiger partial charge in [-0.15, -0.1) is 0 Å². The van der Waals surface area contributed by atoms with E-state index in [4.69, 9.17) is 9.47 Å². The van der Waals surface area contributed by atoms with Gasteiger partial charge in [0.05, 0.1) is 24.4 Å². The molecule has 0 fully saturated rings. The van der Waals surface area contributed by atoms with Gasteiger partial charge >= 0.3 is 11.9 Å². The lowest BCUT2D eigenvalue weighted by Crippen LogP contribution is -2.11. The topological polar surface area (TPSA) is 95.7 Å². The minimum Gasteiger partial charge on any atom is -0.466 e. The number of rotatable bonds is 13. The summed E-state index contributed by atoms with van der Waals surface area (Å²) in [6, 6.07) is 2.98. The maximum atomic E-state index is 13.6. The number of non-ortho nitro benzene ring substituents is 1. The van der Waals surface area contributed by atoms with Crippen molar-refractivity contribution in [3.05, 3.63) is 39.7 Å². The minimum absolute atomic E-state index is 0.0943. The molecule has 1 aromatic rings. The van der Waals surface area contributed by atoms with Crippen LogP contribution in [0.25, 0.3) is 0 Å². The normalized spacial score (nSPS) is 10.4. The zero-order valence-corrected chi connectivity index (χ0v) is 15.6. The number of ether oxygens (including phenoxy) is 2. The van der Waals surface area contributed by atoms with Crippen LogP contribution in [0.2, 0.25) is 0 Å². The molecule has 1 aromatic carbocycles. The highest BCUT2D eigenvalue weighted by molar-refractivity contribution is 5.77. The van der Waals surface area contributed by atoms with E-state index in [2.05, 4.69) is 6.92 Å². The maximum Gasteiger partial charge on any atom is 0.306 e. The van der Waals surface area contributed by atoms with Gasteiger partial charge in [0, 0.05) is 17.7 Å². The fourth-order valence-corrected chi connectivity index (χ4v) is 2.36. The molecular weight excluding hydrogens is 357 g/mol. The summed E-state index contributed by atoms with van der Waals surface area (Å²) in [5.74, 6) is -1.88. The number of halogens is 1. The molecule has 150 valence electrons. The van der Waals surface area contributed by atoms with E-state index in [0.29, 0.717) is 6.61 Å². The van der Waals surface area contributed by atoms with Crippen molar-refractivity contribution in [2.45, 2.75) is 64.9 Å². The lowest BCUT2D eigenvalue weighted by molar-refractivity contribution is -0.385. The van der Waals surface area contributed by atoms with E-state index >= 15 is 0 Å². The number of carbonyl (C=O) groups is 2. The summed E-state index contributed by atoms with van der Waals surface area (Å²) in [7, 11) is 0. The van der Waals surface area contributed by atoms with Gasteiger partial charge in [-0.1, -0.05) is 39.0 Å². The SMILES string of the molecule is CCCCCCCCOC(=O)CCC(=O)OCc1cc([N+](=O)[O-])ccc1F. The Kier molecular flexibility index (Phi) is 10.7. The molecule has 0 spiro atoms. The molecule has 1 rings (SSSR count). The van der Waals surface area contributed by atoms with Crippen molar-refractivity contribution in [3.63, 3.8) is 0 Å². The second kappa shape index (κ2) is 12.8. The second-order valence-electron chi connectivity index (χ2n) is 6.18. The van der Waals surface area contributed by atoms with Gasteiger partial charge in [-0.05, 0) is 12.5 Å². The molecule has 0 bridgehead atoms. The van der Waals surface area contributed by atoms with Gasteiger partial charge in [0.1, 0.15) is 12.4 Å². The van der Waals surface area contributed by atoms with Crippen molar-refractivity contribution < 1.29 is 28.4 Å². The summed E-state index contributed by atoms with van der Waals surface area (Å²) in [5, 5.41) is 10.7. The Labute approximate surface area is 158 Å². The maximum absolute atomic E-state index is 13.6. The van der Waals surface area contributed by atoms with Gasteiger partial charge in [-0.3, -0.25) is 19.7 Å². The van der Waals surface area contributed by atoms with Crippen LogP contribution in [0.5, 0.6) is 0 Å². The van der Waals surface area contributed by atoms with Crippen molar-refractivity contribution in [2.24, 2.45) is 0 Å². The second-order valence-corrected chi connectivity index (χ2v) is 6.18. The first-order chi connectivity index (χ1) is 12.9. The van der Waals surface area contributed by atoms with Crippen molar-refractivity contribution in [1.82, 2.24) is 0 Å². The van der Waals surface area contributed by atoms with Crippen LogP contribution in [-0.4, -0.2) is 23.5 Å². The third-order valence-corrected chi connectivity index (χ3v) is 3.92. The van der Waals surface area contributed by atoms with Gasteiger partial charge in [-0.25, -0.2) is 4.39 Å². The predicted molar refractivity (Wildman–Crippen MR) is 96.4 cm³/mol. The quantitative estimate of drug-likeness (QED) is 0.216. The number of nitro groups is 1. The summed E-state index contributed by atoms with van der Waals surface area (Å²) in [5.41, 5.74) is -0.385. The van der Waals surface area contributed by atoms with Crippen LogP contribution < -0.4 is 0 Å². The van der Waals surface area contributed by atoms with E-state index in [1.54, 1.807) is 0 Å². The van der Waals surface area contributed by atoms with E-state index in [9.17, 15) is 24.1 Å². The molecule has 0 aliphatic rings. The highest BCUT2D eigenvalue weighted by Crippen LogP contribution is 2.17. The van der Waals surface area contributed by atoms with E-state index < -0.39 is 29.3 Å². The molecule has 27 heavy (non-hydrogen) atoms. The molecule has 0 radical (unpaired) electrons. The van der Waals surface area contributed by atoms with Crippen LogP contribution in [0, 0.1) is 15.9 Å². The Morgan fingerprint density at radius 2 is 1.67 bits per heavy atom. The Hall–Kier alpha value is -2.51. The molecule has 0 saturated carbocycles. The summed E-state index contributed by atoms with van der Waals surface area (Å²) in [4.78, 5) is 33.2. The number of carbonyl (C=O) groups excluding carboxylic acids is 2. The number of benzene rings is 1. The standard InChI is InChI=1S/C19H26FNO6/c1-2-3-4-5-6-7-12-26-18(22)10-11-19(23)27-14-15-13-16(21(24)25)8-9-17(15)20/h8-9,13H,2-7,10-12,14H2,1H3. The lowest BCUT2D eigenvalue weighted by atomic mass is 10.1. The first-order valence-electron chi connectivity index (χ1n) is 9.18. The van der Waals surface area contributed by atoms with Crippen LogP contribution in [0.4, 0.5) is 10.1 Å². The van der Waals surface area contributed by atoms with Crippen LogP contribution in [0.15, 0.2) is 18.2 Å². The average Bonchev–Trinajstić information content (AvgIpc) is 2.64. The number of unbranched alkanes of at least 4 members (excludes halogenated alkanes) is 5. The number of nitrogens with zero attached hydrogens (tertiary/aromatic N) is 1. The van der Waals surface area contributed by atoms with Crippen LogP contribution >= 0.6 is 0 Å². The number of esters is 2. The number of hydrogen-bond acceptors (Lipinski definition) is 6. The molecule has 7 nitrogen and oxygen atoms in total. The predicted octanol–water partition coefficient (Wildman–Crippen LogP) is 4.46. The molecule has 8 heteroatoms. The highest BCUT2D eigenvalue weighted by Gasteiger charge is 2.14. The highest BCUT2D eigenvalue weighted by atomic mass is 19.1. The van der Waals surface area contributed by atoms with Crippen LogP contribution in [0.3, 0.4) is 0 Å². The molecular formula is C19H26FNO6. The summed E-state index contributed by atoms with van der Waals surface area (Å²) in [6.45, 7) is 2.05. The van der Waals surface area contributed by atoms with Gasteiger partial charge in [0.25, 0.3) is 5.69 Å². The van der Waals surface area contributed by atoms with Crippen molar-refractivity contribution in [2.75, 3.05) is 6.61 Å². The molecule has 0 aromatic heterocycles. The van der Waals surface area contributed by atoms with Gasteiger partial charge < -0.3 is 9.47 Å². The molecule has 0 aliphatic heterocycles. The average molecular weight is 383 g/mol.